The van der Waals surface area contributed by atoms with Crippen molar-refractivity contribution in [1.82, 2.24) is 5.01 Å². The van der Waals surface area contributed by atoms with Crippen molar-refractivity contribution in [2.75, 3.05) is 6.54 Å². The van der Waals surface area contributed by atoms with Gasteiger partial charge in [-0.3, -0.25) is 9.59 Å². The predicted molar refractivity (Wildman–Crippen MR) is 35.5 cm³/mol. The lowest BCUT2D eigenvalue weighted by atomic mass is 10.3. The van der Waals surface area contributed by atoms with E-state index < -0.39 is 11.7 Å². The zero-order valence-corrected chi connectivity index (χ0v) is 5.92. The number of Topliss-reactive ketones (excluding diaryl/α,β-unsaturated/α-hetero) is 1. The first-order valence-electron chi connectivity index (χ1n) is 3.08. The monoisotopic (exact) mass is 140 g/mol. The van der Waals surface area contributed by atoms with Gasteiger partial charge >= 0.3 is 5.91 Å². The Hall–Kier alpha value is -1.19. The van der Waals surface area contributed by atoms with Gasteiger partial charge in [-0.2, -0.15) is 5.10 Å². The van der Waals surface area contributed by atoms with Crippen LogP contribution in [0, 0.1) is 0 Å². The standard InChI is InChI=1S/C6H8N2O2/c1-3-8-6(10)5(9)4(2)7-8/h3H2,1-2H3. The molecule has 0 N–H and O–H groups in total. The van der Waals surface area contributed by atoms with Crippen LogP contribution < -0.4 is 0 Å². The molecule has 1 aliphatic rings. The highest BCUT2D eigenvalue weighted by atomic mass is 16.2. The number of nitrogens with zero attached hydrogens (tertiary/aromatic N) is 2. The van der Waals surface area contributed by atoms with E-state index in [1.54, 1.807) is 6.92 Å². The summed E-state index contributed by atoms with van der Waals surface area (Å²) in [5.74, 6) is -0.998. The number of hydrogen-bond acceptors (Lipinski definition) is 3. The Labute approximate surface area is 58.5 Å². The lowest BCUT2D eigenvalue weighted by molar-refractivity contribution is -0.139. The van der Waals surface area contributed by atoms with E-state index in [9.17, 15) is 9.59 Å². The van der Waals surface area contributed by atoms with Crippen LogP contribution in [0.5, 0.6) is 0 Å². The van der Waals surface area contributed by atoms with Crippen LogP contribution in [0.4, 0.5) is 0 Å². The SMILES string of the molecule is CCN1N=C(C)C(=O)C1=O. The average Bonchev–Trinajstić information content (AvgIpc) is 2.17. The first kappa shape index (κ1) is 6.92. The largest absolute Gasteiger partial charge is 0.316 e. The second-order valence-electron chi connectivity index (χ2n) is 2.04. The molecule has 1 rings (SSSR count). The molecule has 10 heavy (non-hydrogen) atoms. The second kappa shape index (κ2) is 2.21. The highest BCUT2D eigenvalue weighted by Crippen LogP contribution is 2.02. The maximum atomic E-state index is 10.8. The number of amides is 1. The van der Waals surface area contributed by atoms with Crippen LogP contribution in [-0.4, -0.2) is 29.0 Å². The zero-order valence-electron chi connectivity index (χ0n) is 5.92. The minimum atomic E-state index is -0.514. The van der Waals surface area contributed by atoms with Crippen molar-refractivity contribution < 1.29 is 9.59 Å². The smallest absolute Gasteiger partial charge is 0.282 e. The van der Waals surface area contributed by atoms with Crippen molar-refractivity contribution in [3.05, 3.63) is 0 Å². The van der Waals surface area contributed by atoms with Crippen LogP contribution in [0.15, 0.2) is 5.10 Å². The molecule has 0 aromatic carbocycles. The Kier molecular flexibility index (Phi) is 1.53. The molecule has 0 bridgehead atoms. The van der Waals surface area contributed by atoms with Crippen LogP contribution >= 0.6 is 0 Å². The van der Waals surface area contributed by atoms with Gasteiger partial charge in [-0.1, -0.05) is 0 Å². The average molecular weight is 140 g/mol. The van der Waals surface area contributed by atoms with E-state index >= 15 is 0 Å². The van der Waals surface area contributed by atoms with Gasteiger partial charge < -0.3 is 0 Å². The number of hydrogen-bond donors (Lipinski definition) is 0. The highest BCUT2D eigenvalue weighted by Gasteiger charge is 2.29. The van der Waals surface area contributed by atoms with E-state index in [1.807, 2.05) is 0 Å². The quantitative estimate of drug-likeness (QED) is 0.473. The molecule has 0 saturated heterocycles. The summed E-state index contributed by atoms with van der Waals surface area (Å²) in [6.07, 6.45) is 0. The molecule has 0 spiro atoms. The van der Waals surface area contributed by atoms with Crippen molar-refractivity contribution in [3.8, 4) is 0 Å². The van der Waals surface area contributed by atoms with Crippen molar-refractivity contribution >= 4 is 17.4 Å². The minimum absolute atomic E-state index is 0.284. The topological polar surface area (TPSA) is 49.7 Å². The van der Waals surface area contributed by atoms with Gasteiger partial charge in [-0.15, -0.1) is 0 Å². The van der Waals surface area contributed by atoms with Gasteiger partial charge in [-0.25, -0.2) is 5.01 Å². The summed E-state index contributed by atoms with van der Waals surface area (Å²) in [6.45, 7) is 3.77. The molecule has 4 nitrogen and oxygen atoms in total. The summed E-state index contributed by atoms with van der Waals surface area (Å²) in [6, 6.07) is 0. The van der Waals surface area contributed by atoms with Gasteiger partial charge in [0, 0.05) is 6.54 Å². The summed E-state index contributed by atoms with van der Waals surface area (Å²) in [5, 5.41) is 4.88. The molecule has 0 aromatic heterocycles. The van der Waals surface area contributed by atoms with Crippen LogP contribution in [0.1, 0.15) is 13.8 Å². The first-order valence-corrected chi connectivity index (χ1v) is 3.08. The molecule has 4 heteroatoms. The Morgan fingerprint density at radius 1 is 1.50 bits per heavy atom. The summed E-state index contributed by atoms with van der Waals surface area (Å²) < 4.78 is 0. The molecule has 1 heterocycles. The van der Waals surface area contributed by atoms with Crippen LogP contribution in [-0.2, 0) is 9.59 Å². The molecular weight excluding hydrogens is 132 g/mol. The Morgan fingerprint density at radius 2 is 2.10 bits per heavy atom. The highest BCUT2D eigenvalue weighted by molar-refractivity contribution is 6.66. The molecular formula is C6H8N2O2. The summed E-state index contributed by atoms with van der Waals surface area (Å²) in [7, 11) is 0. The number of carbonyl (C=O) groups excluding carboxylic acids is 2. The maximum absolute atomic E-state index is 10.8. The number of ketones is 1. The van der Waals surface area contributed by atoms with Gasteiger partial charge in [0.15, 0.2) is 0 Å². The number of hydrazone groups is 1. The predicted octanol–water partition coefficient (Wildman–Crippen LogP) is -0.207. The number of likely N-dealkylation sites (N-methyl/N-ethyl adjacent to an activating group) is 1. The number of rotatable bonds is 1. The van der Waals surface area contributed by atoms with E-state index in [-0.39, 0.29) is 5.71 Å². The second-order valence-corrected chi connectivity index (χ2v) is 2.04. The molecule has 0 radical (unpaired) electrons. The van der Waals surface area contributed by atoms with Gasteiger partial charge in [0.2, 0.25) is 0 Å². The van der Waals surface area contributed by atoms with E-state index in [4.69, 9.17) is 0 Å². The third-order valence-electron chi connectivity index (χ3n) is 1.33. The van der Waals surface area contributed by atoms with Crippen molar-refractivity contribution in [1.29, 1.82) is 0 Å². The molecule has 0 aliphatic carbocycles. The molecule has 0 atom stereocenters. The van der Waals surface area contributed by atoms with E-state index in [2.05, 4.69) is 5.10 Å². The molecule has 0 unspecified atom stereocenters. The molecule has 1 aliphatic heterocycles. The molecule has 0 aromatic rings. The van der Waals surface area contributed by atoms with E-state index in [1.165, 1.54) is 6.92 Å². The van der Waals surface area contributed by atoms with Crippen molar-refractivity contribution in [2.45, 2.75) is 13.8 Å². The Balaban J connectivity index is 2.86. The van der Waals surface area contributed by atoms with E-state index in [0.717, 1.165) is 5.01 Å². The van der Waals surface area contributed by atoms with Gasteiger partial charge in [0.05, 0.1) is 0 Å². The van der Waals surface area contributed by atoms with Crippen LogP contribution in [0.3, 0.4) is 0 Å². The lowest BCUT2D eigenvalue weighted by Gasteiger charge is -2.04. The molecule has 0 saturated carbocycles. The van der Waals surface area contributed by atoms with Crippen molar-refractivity contribution in [3.63, 3.8) is 0 Å². The molecule has 1 amide bonds. The Bertz CT molecular complexity index is 220. The van der Waals surface area contributed by atoms with Gasteiger partial charge in [-0.05, 0) is 13.8 Å². The first-order chi connectivity index (χ1) is 4.66. The summed E-state index contributed by atoms with van der Waals surface area (Å²) in [4.78, 5) is 21.6. The van der Waals surface area contributed by atoms with Gasteiger partial charge in [0.1, 0.15) is 5.71 Å². The fourth-order valence-corrected chi connectivity index (χ4v) is 0.758. The van der Waals surface area contributed by atoms with Gasteiger partial charge in [0.25, 0.3) is 5.78 Å². The number of carbonyl (C=O) groups is 2. The zero-order chi connectivity index (χ0) is 7.72. The van der Waals surface area contributed by atoms with Crippen molar-refractivity contribution in [2.24, 2.45) is 5.10 Å². The van der Waals surface area contributed by atoms with E-state index in [0.29, 0.717) is 6.54 Å². The summed E-state index contributed by atoms with van der Waals surface area (Å²) >= 11 is 0. The minimum Gasteiger partial charge on any atom is -0.282 e. The molecule has 54 valence electrons. The molecule has 0 fully saturated rings. The Morgan fingerprint density at radius 3 is 2.30 bits per heavy atom. The fourth-order valence-electron chi connectivity index (χ4n) is 0.758. The normalized spacial score (nSPS) is 18.2. The third-order valence-corrected chi connectivity index (χ3v) is 1.33. The van der Waals surface area contributed by atoms with Crippen LogP contribution in [0.2, 0.25) is 0 Å². The van der Waals surface area contributed by atoms with Crippen LogP contribution in [0.25, 0.3) is 0 Å². The fraction of sp³-hybridized carbons (Fsp3) is 0.500. The third kappa shape index (κ3) is 0.814. The maximum Gasteiger partial charge on any atom is 0.316 e. The summed E-state index contributed by atoms with van der Waals surface area (Å²) in [5.41, 5.74) is 0.284. The lowest BCUT2D eigenvalue weighted by Crippen LogP contribution is -2.26.